The third-order valence-corrected chi connectivity index (χ3v) is 5.56. The number of rotatable bonds is 13. The summed E-state index contributed by atoms with van der Waals surface area (Å²) in [6, 6.07) is 5.29. The van der Waals surface area contributed by atoms with E-state index in [1.54, 1.807) is 26.0 Å². The lowest BCUT2D eigenvalue weighted by Crippen LogP contribution is -2.57. The van der Waals surface area contributed by atoms with Gasteiger partial charge in [0.2, 0.25) is 17.7 Å². The zero-order valence-corrected chi connectivity index (χ0v) is 19.8. The molecular weight excluding hydrogens is 432 g/mol. The number of carboxylic acid groups (broad SMARTS) is 1. The quantitative estimate of drug-likeness (QED) is 0.284. The number of nitrogens with two attached hydrogens (primary N) is 1. The molecule has 32 heavy (non-hydrogen) atoms. The van der Waals surface area contributed by atoms with Crippen molar-refractivity contribution in [2.75, 3.05) is 12.0 Å². The van der Waals surface area contributed by atoms with E-state index in [9.17, 15) is 24.3 Å². The molecule has 0 aliphatic rings. The molecule has 1 aromatic rings. The fourth-order valence-electron chi connectivity index (χ4n) is 2.80. The average Bonchev–Trinajstić information content (AvgIpc) is 2.75. The highest BCUT2D eigenvalue weighted by atomic mass is 32.2. The van der Waals surface area contributed by atoms with Crippen LogP contribution >= 0.6 is 11.8 Å². The summed E-state index contributed by atoms with van der Waals surface area (Å²) in [6.07, 6.45) is 2.27. The molecule has 9 nitrogen and oxygen atoms in total. The SMILES string of the molecule is CSCCC(NC(=O)C(Cc1ccccc1)NC(=O)C(C)NC(=O)C(N)C(C)C)C(=O)O. The Morgan fingerprint density at radius 1 is 0.938 bits per heavy atom. The standard InChI is InChI=1S/C22H34N4O5S/c1-13(2)18(23)21(29)24-14(3)19(27)26-17(12-15-8-6-5-7-9-15)20(28)25-16(22(30)31)10-11-32-4/h5-9,13-14,16-18H,10-12,23H2,1-4H3,(H,24,29)(H,25,28)(H,26,27)(H,30,31). The van der Waals surface area contributed by atoms with Crippen LogP contribution in [0.4, 0.5) is 0 Å². The summed E-state index contributed by atoms with van der Waals surface area (Å²) in [5.74, 6) is -2.31. The molecule has 178 valence electrons. The molecule has 0 bridgehead atoms. The second-order valence-corrected chi connectivity index (χ2v) is 8.92. The van der Waals surface area contributed by atoms with Gasteiger partial charge in [-0.05, 0) is 36.8 Å². The topological polar surface area (TPSA) is 151 Å². The summed E-state index contributed by atoms with van der Waals surface area (Å²) in [5.41, 5.74) is 6.61. The Balaban J connectivity index is 2.93. The molecule has 4 unspecified atom stereocenters. The summed E-state index contributed by atoms with van der Waals surface area (Å²) in [4.78, 5) is 49.3. The molecular formula is C22H34N4O5S. The normalized spacial score (nSPS) is 14.7. The van der Waals surface area contributed by atoms with Crippen LogP contribution in [-0.2, 0) is 25.6 Å². The van der Waals surface area contributed by atoms with Crippen LogP contribution in [0.3, 0.4) is 0 Å². The van der Waals surface area contributed by atoms with Gasteiger partial charge < -0.3 is 26.8 Å². The predicted molar refractivity (Wildman–Crippen MR) is 125 cm³/mol. The van der Waals surface area contributed by atoms with Gasteiger partial charge in [0.1, 0.15) is 18.1 Å². The molecule has 0 saturated heterocycles. The van der Waals surface area contributed by atoms with Crippen LogP contribution in [-0.4, -0.2) is 65.0 Å². The third kappa shape index (κ3) is 9.27. The second-order valence-electron chi connectivity index (χ2n) is 7.93. The first-order valence-corrected chi connectivity index (χ1v) is 11.9. The summed E-state index contributed by atoms with van der Waals surface area (Å²) in [7, 11) is 0. The van der Waals surface area contributed by atoms with Crippen molar-refractivity contribution in [2.24, 2.45) is 11.7 Å². The summed E-state index contributed by atoms with van der Waals surface area (Å²) in [6.45, 7) is 5.09. The molecule has 0 aliphatic heterocycles. The molecule has 0 radical (unpaired) electrons. The molecule has 0 saturated carbocycles. The Bertz CT molecular complexity index is 775. The van der Waals surface area contributed by atoms with Crippen molar-refractivity contribution in [3.05, 3.63) is 35.9 Å². The smallest absolute Gasteiger partial charge is 0.326 e. The lowest BCUT2D eigenvalue weighted by molar-refractivity contribution is -0.142. The molecule has 10 heteroatoms. The molecule has 3 amide bonds. The molecule has 6 N–H and O–H groups in total. The van der Waals surface area contributed by atoms with Crippen molar-refractivity contribution in [3.8, 4) is 0 Å². The lowest BCUT2D eigenvalue weighted by atomic mass is 10.0. The van der Waals surface area contributed by atoms with E-state index >= 15 is 0 Å². The van der Waals surface area contributed by atoms with Gasteiger partial charge in [0, 0.05) is 6.42 Å². The number of carboxylic acids is 1. The zero-order valence-electron chi connectivity index (χ0n) is 19.0. The highest BCUT2D eigenvalue weighted by Crippen LogP contribution is 2.07. The van der Waals surface area contributed by atoms with Gasteiger partial charge in [-0.3, -0.25) is 14.4 Å². The fraction of sp³-hybridized carbons (Fsp3) is 0.545. The Hall–Kier alpha value is -2.59. The van der Waals surface area contributed by atoms with Gasteiger partial charge in [-0.25, -0.2) is 4.79 Å². The molecule has 1 aromatic carbocycles. The molecule has 1 rings (SSSR count). The molecule has 0 aliphatic carbocycles. The van der Waals surface area contributed by atoms with Crippen molar-refractivity contribution in [1.29, 1.82) is 0 Å². The number of thioether (sulfide) groups is 1. The number of amides is 3. The number of carbonyl (C=O) groups excluding carboxylic acids is 3. The van der Waals surface area contributed by atoms with Crippen molar-refractivity contribution < 1.29 is 24.3 Å². The van der Waals surface area contributed by atoms with E-state index in [0.29, 0.717) is 5.75 Å². The monoisotopic (exact) mass is 466 g/mol. The third-order valence-electron chi connectivity index (χ3n) is 4.91. The second kappa shape index (κ2) is 13.7. The van der Waals surface area contributed by atoms with Crippen molar-refractivity contribution in [3.63, 3.8) is 0 Å². The Morgan fingerprint density at radius 2 is 1.53 bits per heavy atom. The number of nitrogens with one attached hydrogen (secondary N) is 3. The summed E-state index contributed by atoms with van der Waals surface area (Å²) < 4.78 is 0. The van der Waals surface area contributed by atoms with E-state index < -0.39 is 47.9 Å². The van der Waals surface area contributed by atoms with Crippen LogP contribution in [0.15, 0.2) is 30.3 Å². The summed E-state index contributed by atoms with van der Waals surface area (Å²) in [5, 5.41) is 17.1. The highest BCUT2D eigenvalue weighted by molar-refractivity contribution is 7.98. The minimum atomic E-state index is -1.14. The van der Waals surface area contributed by atoms with Crippen LogP contribution in [0, 0.1) is 5.92 Å². The maximum absolute atomic E-state index is 12.9. The number of hydrogen-bond donors (Lipinski definition) is 5. The molecule has 0 heterocycles. The van der Waals surface area contributed by atoms with E-state index in [4.69, 9.17) is 5.73 Å². The minimum absolute atomic E-state index is 0.101. The minimum Gasteiger partial charge on any atom is -0.480 e. The maximum atomic E-state index is 12.9. The Kier molecular flexibility index (Phi) is 11.8. The largest absolute Gasteiger partial charge is 0.480 e. The van der Waals surface area contributed by atoms with Crippen LogP contribution < -0.4 is 21.7 Å². The van der Waals surface area contributed by atoms with Gasteiger partial charge in [-0.1, -0.05) is 44.2 Å². The molecule has 0 fully saturated rings. The summed E-state index contributed by atoms with van der Waals surface area (Å²) >= 11 is 1.48. The van der Waals surface area contributed by atoms with Gasteiger partial charge in [0.05, 0.1) is 6.04 Å². The van der Waals surface area contributed by atoms with Gasteiger partial charge >= 0.3 is 5.97 Å². The first-order chi connectivity index (χ1) is 15.1. The van der Waals surface area contributed by atoms with Crippen LogP contribution in [0.1, 0.15) is 32.8 Å². The average molecular weight is 467 g/mol. The van der Waals surface area contributed by atoms with Crippen molar-refractivity contribution >= 4 is 35.5 Å². The lowest BCUT2D eigenvalue weighted by Gasteiger charge is -2.24. The van der Waals surface area contributed by atoms with E-state index in [0.717, 1.165) is 5.56 Å². The van der Waals surface area contributed by atoms with Gasteiger partial charge in [0.15, 0.2) is 0 Å². The Labute approximate surface area is 193 Å². The van der Waals surface area contributed by atoms with Crippen molar-refractivity contribution in [1.82, 2.24) is 16.0 Å². The highest BCUT2D eigenvalue weighted by Gasteiger charge is 2.29. The fourth-order valence-corrected chi connectivity index (χ4v) is 3.27. The van der Waals surface area contributed by atoms with E-state index in [2.05, 4.69) is 16.0 Å². The van der Waals surface area contributed by atoms with Crippen LogP contribution in [0.2, 0.25) is 0 Å². The number of carbonyl (C=O) groups is 4. The van der Waals surface area contributed by atoms with E-state index in [1.165, 1.54) is 18.7 Å². The van der Waals surface area contributed by atoms with Gasteiger partial charge in [-0.15, -0.1) is 0 Å². The number of aliphatic carboxylic acids is 1. The van der Waals surface area contributed by atoms with E-state index in [-0.39, 0.29) is 18.8 Å². The molecule has 0 spiro atoms. The van der Waals surface area contributed by atoms with Crippen LogP contribution in [0.25, 0.3) is 0 Å². The van der Waals surface area contributed by atoms with E-state index in [1.807, 2.05) is 24.5 Å². The first kappa shape index (κ1) is 27.4. The van der Waals surface area contributed by atoms with Gasteiger partial charge in [0.25, 0.3) is 0 Å². The zero-order chi connectivity index (χ0) is 24.3. The maximum Gasteiger partial charge on any atom is 0.326 e. The first-order valence-electron chi connectivity index (χ1n) is 10.5. The molecule has 0 aromatic heterocycles. The van der Waals surface area contributed by atoms with Crippen LogP contribution in [0.5, 0.6) is 0 Å². The van der Waals surface area contributed by atoms with Gasteiger partial charge in [-0.2, -0.15) is 11.8 Å². The number of benzene rings is 1. The predicted octanol–water partition coefficient (Wildman–Crippen LogP) is 0.524. The molecule has 4 atom stereocenters. The Morgan fingerprint density at radius 3 is 2.06 bits per heavy atom. The number of hydrogen-bond acceptors (Lipinski definition) is 6. The van der Waals surface area contributed by atoms with Crippen molar-refractivity contribution in [2.45, 2.75) is 57.8 Å².